The molecule has 0 aliphatic heterocycles. The van der Waals surface area contributed by atoms with E-state index in [1.165, 1.54) is 23.2 Å². The Balaban J connectivity index is 2.01. The number of benzene rings is 1. The van der Waals surface area contributed by atoms with Crippen molar-refractivity contribution in [3.05, 3.63) is 35.8 Å². The molecule has 0 spiro atoms. The van der Waals surface area contributed by atoms with Gasteiger partial charge in [-0.3, -0.25) is 5.32 Å². The van der Waals surface area contributed by atoms with E-state index in [9.17, 15) is 14.3 Å². The highest BCUT2D eigenvalue weighted by Crippen LogP contribution is 2.31. The number of likely N-dealkylation sites (N-methyl/N-ethyl adjacent to an activating group) is 1. The van der Waals surface area contributed by atoms with Gasteiger partial charge in [0.1, 0.15) is 0 Å². The highest BCUT2D eigenvalue weighted by atomic mass is 32.1. The largest absolute Gasteiger partial charge is 0.442 e. The summed E-state index contributed by atoms with van der Waals surface area (Å²) < 4.78 is 19.1. The van der Waals surface area contributed by atoms with Gasteiger partial charge < -0.3 is 14.7 Å². The summed E-state index contributed by atoms with van der Waals surface area (Å²) in [7, 11) is 1.54. The summed E-state index contributed by atoms with van der Waals surface area (Å²) in [5.74, 6) is -0.702. The molecule has 0 radical (unpaired) electrons. The molecule has 24 heavy (non-hydrogen) atoms. The molecule has 2 amide bonds. The molecule has 0 unspecified atom stereocenters. The van der Waals surface area contributed by atoms with Crippen LogP contribution >= 0.6 is 11.3 Å². The summed E-state index contributed by atoms with van der Waals surface area (Å²) >= 11 is 1.02. The van der Waals surface area contributed by atoms with Gasteiger partial charge >= 0.3 is 6.03 Å². The highest BCUT2D eigenvalue weighted by molar-refractivity contribution is 7.17. The van der Waals surface area contributed by atoms with Crippen molar-refractivity contribution >= 4 is 22.5 Å². The molecule has 2 rings (SSSR count). The first-order valence-electron chi connectivity index (χ1n) is 6.92. The van der Waals surface area contributed by atoms with Crippen LogP contribution in [0.3, 0.4) is 0 Å². The number of carbonyl (C=O) groups is 1. The van der Waals surface area contributed by atoms with Crippen LogP contribution in [0.15, 0.2) is 24.4 Å². The number of nitrogens with one attached hydrogen (secondary N) is 1. The van der Waals surface area contributed by atoms with Gasteiger partial charge in [0.2, 0.25) is 5.06 Å². The number of aliphatic hydroxyl groups is 1. The fourth-order valence-corrected chi connectivity index (χ4v) is 2.46. The maximum Gasteiger partial charge on any atom is 0.323 e. The van der Waals surface area contributed by atoms with Crippen molar-refractivity contribution in [2.75, 3.05) is 18.9 Å². The summed E-state index contributed by atoms with van der Waals surface area (Å²) in [5, 5.41) is 21.1. The zero-order valence-corrected chi connectivity index (χ0v) is 13.8. The second kappa shape index (κ2) is 7.72. The van der Waals surface area contributed by atoms with Crippen molar-refractivity contribution < 1.29 is 19.0 Å². The molecule has 1 atom stereocenters. The van der Waals surface area contributed by atoms with E-state index in [-0.39, 0.29) is 28.1 Å². The lowest BCUT2D eigenvalue weighted by Gasteiger charge is -2.18. The van der Waals surface area contributed by atoms with E-state index in [0.717, 1.165) is 17.4 Å². The number of hydrogen-bond acceptors (Lipinski definition) is 6. The van der Waals surface area contributed by atoms with Gasteiger partial charge in [-0.2, -0.15) is 5.26 Å². The van der Waals surface area contributed by atoms with E-state index >= 15 is 0 Å². The number of thiazole rings is 1. The van der Waals surface area contributed by atoms with E-state index in [2.05, 4.69) is 10.3 Å². The van der Waals surface area contributed by atoms with Crippen molar-refractivity contribution in [2.24, 2.45) is 0 Å². The van der Waals surface area contributed by atoms with Gasteiger partial charge in [-0.1, -0.05) is 11.3 Å². The van der Waals surface area contributed by atoms with Crippen molar-refractivity contribution in [1.29, 1.82) is 5.26 Å². The summed E-state index contributed by atoms with van der Waals surface area (Å²) in [6.07, 6.45) is 0.711. The monoisotopic (exact) mass is 350 g/mol. The molecule has 2 aromatic rings. The number of carbonyl (C=O) groups excluding carboxylic acids is 1. The van der Waals surface area contributed by atoms with Gasteiger partial charge in [-0.05, 0) is 25.1 Å². The lowest BCUT2D eigenvalue weighted by molar-refractivity contribution is 0.149. The second-order valence-electron chi connectivity index (χ2n) is 5.00. The van der Waals surface area contributed by atoms with Gasteiger partial charge in [0, 0.05) is 13.6 Å². The third kappa shape index (κ3) is 4.65. The van der Waals surface area contributed by atoms with Gasteiger partial charge in [0.15, 0.2) is 16.7 Å². The molecule has 1 aromatic heterocycles. The molecular weight excluding hydrogens is 335 g/mol. The zero-order valence-electron chi connectivity index (χ0n) is 13.0. The minimum atomic E-state index is -0.662. The molecule has 2 N–H and O–H groups in total. The van der Waals surface area contributed by atoms with Crippen molar-refractivity contribution in [3.8, 4) is 16.9 Å². The summed E-state index contributed by atoms with van der Waals surface area (Å²) in [5.41, 5.74) is 0.193. The molecule has 0 saturated heterocycles. The number of nitriles is 1. The third-order valence-corrected chi connectivity index (χ3v) is 3.65. The molecule has 126 valence electrons. The average molecular weight is 350 g/mol. The van der Waals surface area contributed by atoms with Crippen LogP contribution in [0, 0.1) is 17.1 Å². The fraction of sp³-hybridized carbons (Fsp3) is 0.267. The first kappa shape index (κ1) is 17.7. The molecule has 9 heteroatoms. The first-order valence-corrected chi connectivity index (χ1v) is 7.74. The Morgan fingerprint density at radius 2 is 2.38 bits per heavy atom. The minimum Gasteiger partial charge on any atom is -0.442 e. The molecule has 1 heterocycles. The number of rotatable bonds is 5. The molecule has 0 aliphatic carbocycles. The maximum atomic E-state index is 13.8. The third-order valence-electron chi connectivity index (χ3n) is 2.85. The van der Waals surface area contributed by atoms with Crippen molar-refractivity contribution in [1.82, 2.24) is 9.88 Å². The van der Waals surface area contributed by atoms with Crippen LogP contribution in [0.4, 0.5) is 14.3 Å². The molecular formula is C15H15FN4O3S. The van der Waals surface area contributed by atoms with Crippen LogP contribution in [-0.4, -0.2) is 40.7 Å². The predicted molar refractivity (Wildman–Crippen MR) is 86.6 cm³/mol. The lowest BCUT2D eigenvalue weighted by Crippen LogP contribution is -2.36. The molecule has 0 saturated carbocycles. The second-order valence-corrected chi connectivity index (χ2v) is 6.00. The zero-order chi connectivity index (χ0) is 17.7. The smallest absolute Gasteiger partial charge is 0.323 e. The van der Waals surface area contributed by atoms with E-state index in [0.29, 0.717) is 0 Å². The number of amides is 2. The first-order chi connectivity index (χ1) is 11.4. The quantitative estimate of drug-likeness (QED) is 0.864. The van der Waals surface area contributed by atoms with Crippen LogP contribution in [0.5, 0.6) is 10.8 Å². The number of aliphatic hydroxyl groups excluding tert-OH is 1. The van der Waals surface area contributed by atoms with Crippen LogP contribution in [0.2, 0.25) is 0 Å². The van der Waals surface area contributed by atoms with Crippen molar-refractivity contribution in [3.63, 3.8) is 0 Å². The van der Waals surface area contributed by atoms with Crippen LogP contribution < -0.4 is 10.1 Å². The standard InChI is InChI=1S/C15H15FN4O3S/c1-9(21)8-20(2)15(22)19-14-18-7-13(24-14)23-12-4-3-10(6-17)5-11(12)16/h3-5,7,9,21H,8H2,1-2H3,(H,18,19,22)/t9-/m0/s1. The number of hydrogen-bond donors (Lipinski definition) is 2. The maximum absolute atomic E-state index is 13.8. The number of anilines is 1. The number of aromatic nitrogens is 1. The van der Waals surface area contributed by atoms with E-state index < -0.39 is 18.0 Å². The summed E-state index contributed by atoms with van der Waals surface area (Å²) in [6.45, 7) is 1.75. The van der Waals surface area contributed by atoms with Gasteiger partial charge in [0.25, 0.3) is 0 Å². The Bertz CT molecular complexity index is 772. The number of urea groups is 1. The van der Waals surface area contributed by atoms with Crippen LogP contribution in [0.25, 0.3) is 0 Å². The Kier molecular flexibility index (Phi) is 5.68. The Morgan fingerprint density at radius 3 is 3.00 bits per heavy atom. The van der Waals surface area contributed by atoms with E-state index in [1.807, 2.05) is 6.07 Å². The highest BCUT2D eigenvalue weighted by Gasteiger charge is 2.14. The van der Waals surface area contributed by atoms with E-state index in [4.69, 9.17) is 10.00 Å². The lowest BCUT2D eigenvalue weighted by atomic mass is 10.2. The average Bonchev–Trinajstić information content (AvgIpc) is 2.95. The topological polar surface area (TPSA) is 98.5 Å². The SMILES string of the molecule is C[C@H](O)CN(C)C(=O)Nc1ncc(Oc2ccc(C#N)cc2F)s1. The van der Waals surface area contributed by atoms with Gasteiger partial charge in [-0.15, -0.1) is 0 Å². The van der Waals surface area contributed by atoms with E-state index in [1.54, 1.807) is 14.0 Å². The normalized spacial score (nSPS) is 11.5. The molecule has 7 nitrogen and oxygen atoms in total. The Morgan fingerprint density at radius 1 is 1.62 bits per heavy atom. The molecule has 0 bridgehead atoms. The fourth-order valence-electron chi connectivity index (χ4n) is 1.79. The van der Waals surface area contributed by atoms with Gasteiger partial charge in [0.05, 0.1) is 23.9 Å². The minimum absolute atomic E-state index is 0.0400. The predicted octanol–water partition coefficient (Wildman–Crippen LogP) is 2.79. The Labute approximate surface area is 141 Å². The molecule has 1 aromatic carbocycles. The molecule has 0 aliphatic rings. The van der Waals surface area contributed by atoms with Crippen LogP contribution in [0.1, 0.15) is 12.5 Å². The molecule has 0 fully saturated rings. The summed E-state index contributed by atoms with van der Waals surface area (Å²) in [6, 6.07) is 5.26. The van der Waals surface area contributed by atoms with Gasteiger partial charge in [-0.25, -0.2) is 14.2 Å². The number of halogens is 1. The number of nitrogens with zero attached hydrogens (tertiary/aromatic N) is 3. The Hall–Kier alpha value is -2.70. The number of ether oxygens (including phenoxy) is 1. The van der Waals surface area contributed by atoms with Crippen LogP contribution in [-0.2, 0) is 0 Å². The van der Waals surface area contributed by atoms with Crippen molar-refractivity contribution in [2.45, 2.75) is 13.0 Å². The summed E-state index contributed by atoms with van der Waals surface area (Å²) in [4.78, 5) is 17.2.